The maximum Gasteiger partial charge on any atom is 0.230 e. The highest BCUT2D eigenvalue weighted by molar-refractivity contribution is 7.80. The molecule has 0 radical (unpaired) electrons. The Morgan fingerprint density at radius 3 is 2.35 bits per heavy atom. The topological polar surface area (TPSA) is 41.1 Å². The van der Waals surface area contributed by atoms with Gasteiger partial charge in [0.2, 0.25) is 5.91 Å². The Labute approximate surface area is 124 Å². The molecule has 0 spiro atoms. The third-order valence-corrected chi connectivity index (χ3v) is 2.97. The lowest BCUT2D eigenvalue weighted by Crippen LogP contribution is -2.35. The summed E-state index contributed by atoms with van der Waals surface area (Å²) in [5.41, 5.74) is 3.00. The maximum absolute atomic E-state index is 11.8. The van der Waals surface area contributed by atoms with E-state index < -0.39 is 0 Å². The number of benzene rings is 2. The van der Waals surface area contributed by atoms with Gasteiger partial charge in [-0.1, -0.05) is 48.0 Å². The summed E-state index contributed by atoms with van der Waals surface area (Å²) in [6.45, 7) is 2.02. The van der Waals surface area contributed by atoms with Gasteiger partial charge in [-0.2, -0.15) is 0 Å². The molecule has 0 bridgehead atoms. The molecule has 2 aromatic carbocycles. The van der Waals surface area contributed by atoms with Crippen molar-refractivity contribution in [2.24, 2.45) is 0 Å². The molecule has 4 heteroatoms. The normalized spacial score (nSPS) is 9.85. The summed E-state index contributed by atoms with van der Waals surface area (Å²) >= 11 is 5.12. The number of anilines is 1. The first-order valence-electron chi connectivity index (χ1n) is 6.35. The van der Waals surface area contributed by atoms with Gasteiger partial charge in [-0.05, 0) is 36.8 Å². The van der Waals surface area contributed by atoms with Crippen molar-refractivity contribution >= 4 is 28.9 Å². The Morgan fingerprint density at radius 2 is 1.70 bits per heavy atom. The molecule has 2 aromatic rings. The van der Waals surface area contributed by atoms with Crippen molar-refractivity contribution < 1.29 is 4.79 Å². The molecule has 0 aromatic heterocycles. The minimum Gasteiger partial charge on any atom is -0.332 e. The van der Waals surface area contributed by atoms with E-state index in [1.54, 1.807) is 0 Å². The third-order valence-electron chi connectivity index (χ3n) is 2.77. The second kappa shape index (κ2) is 6.82. The highest BCUT2D eigenvalue weighted by Crippen LogP contribution is 2.08. The molecule has 0 unspecified atom stereocenters. The SMILES string of the molecule is Cc1ccc(NC(=S)NC(=O)Cc2ccccc2)cc1. The van der Waals surface area contributed by atoms with Crippen LogP contribution in [0, 0.1) is 6.92 Å². The van der Waals surface area contributed by atoms with Gasteiger partial charge in [-0.3, -0.25) is 4.79 Å². The van der Waals surface area contributed by atoms with Gasteiger partial charge in [0.1, 0.15) is 0 Å². The molecule has 2 rings (SSSR count). The quantitative estimate of drug-likeness (QED) is 0.851. The van der Waals surface area contributed by atoms with Gasteiger partial charge in [0, 0.05) is 5.69 Å². The van der Waals surface area contributed by atoms with Crippen LogP contribution in [0.25, 0.3) is 0 Å². The molecule has 0 aliphatic carbocycles. The number of amides is 1. The van der Waals surface area contributed by atoms with Crippen molar-refractivity contribution in [3.63, 3.8) is 0 Å². The Morgan fingerprint density at radius 1 is 1.05 bits per heavy atom. The Hall–Kier alpha value is -2.20. The van der Waals surface area contributed by atoms with Gasteiger partial charge in [0.05, 0.1) is 6.42 Å². The van der Waals surface area contributed by atoms with Crippen LogP contribution < -0.4 is 10.6 Å². The Balaban J connectivity index is 1.85. The lowest BCUT2D eigenvalue weighted by Gasteiger charge is -2.09. The van der Waals surface area contributed by atoms with E-state index in [1.807, 2.05) is 61.5 Å². The fourth-order valence-corrected chi connectivity index (χ4v) is 1.98. The predicted octanol–water partition coefficient (Wildman–Crippen LogP) is 3.05. The summed E-state index contributed by atoms with van der Waals surface area (Å²) in [5, 5.41) is 5.97. The van der Waals surface area contributed by atoms with Crippen LogP contribution in [0.4, 0.5) is 5.69 Å². The number of carbonyl (C=O) groups is 1. The van der Waals surface area contributed by atoms with Gasteiger partial charge in [0.25, 0.3) is 0 Å². The summed E-state index contributed by atoms with van der Waals surface area (Å²) in [4.78, 5) is 11.8. The molecular weight excluding hydrogens is 268 g/mol. The summed E-state index contributed by atoms with van der Waals surface area (Å²) in [7, 11) is 0. The molecule has 0 aliphatic rings. The largest absolute Gasteiger partial charge is 0.332 e. The van der Waals surface area contributed by atoms with Crippen LogP contribution in [-0.4, -0.2) is 11.0 Å². The third kappa shape index (κ3) is 4.48. The molecular formula is C16H16N2OS. The zero-order valence-electron chi connectivity index (χ0n) is 11.2. The zero-order valence-corrected chi connectivity index (χ0v) is 12.0. The number of aryl methyl sites for hydroxylation is 1. The van der Waals surface area contributed by atoms with Gasteiger partial charge < -0.3 is 10.6 Å². The number of carbonyl (C=O) groups excluding carboxylic acids is 1. The van der Waals surface area contributed by atoms with Crippen LogP contribution in [0.3, 0.4) is 0 Å². The average Bonchev–Trinajstić information content (AvgIpc) is 2.42. The van der Waals surface area contributed by atoms with E-state index in [0.717, 1.165) is 11.3 Å². The van der Waals surface area contributed by atoms with Gasteiger partial charge in [-0.15, -0.1) is 0 Å². The summed E-state index contributed by atoms with van der Waals surface area (Å²) in [6.07, 6.45) is 0.316. The highest BCUT2D eigenvalue weighted by Gasteiger charge is 2.05. The molecule has 0 aliphatic heterocycles. The first-order valence-corrected chi connectivity index (χ1v) is 6.76. The predicted molar refractivity (Wildman–Crippen MR) is 85.7 cm³/mol. The maximum atomic E-state index is 11.8. The van der Waals surface area contributed by atoms with Crippen LogP contribution in [-0.2, 0) is 11.2 Å². The van der Waals surface area contributed by atoms with Gasteiger partial charge in [-0.25, -0.2) is 0 Å². The van der Waals surface area contributed by atoms with Crippen molar-refractivity contribution in [3.05, 3.63) is 65.7 Å². The van der Waals surface area contributed by atoms with E-state index in [0.29, 0.717) is 11.5 Å². The number of rotatable bonds is 3. The van der Waals surface area contributed by atoms with E-state index >= 15 is 0 Å². The van der Waals surface area contributed by atoms with Crippen molar-refractivity contribution in [1.29, 1.82) is 0 Å². The number of thiocarbonyl (C=S) groups is 1. The Kier molecular flexibility index (Phi) is 4.85. The lowest BCUT2D eigenvalue weighted by atomic mass is 10.1. The molecule has 20 heavy (non-hydrogen) atoms. The fourth-order valence-electron chi connectivity index (χ4n) is 1.75. The van der Waals surface area contributed by atoms with Crippen LogP contribution in [0.5, 0.6) is 0 Å². The number of hydrogen-bond acceptors (Lipinski definition) is 2. The molecule has 2 N–H and O–H groups in total. The van der Waals surface area contributed by atoms with Gasteiger partial charge >= 0.3 is 0 Å². The van der Waals surface area contributed by atoms with Crippen LogP contribution >= 0.6 is 12.2 Å². The van der Waals surface area contributed by atoms with Gasteiger partial charge in [0.15, 0.2) is 5.11 Å². The van der Waals surface area contributed by atoms with Crippen molar-refractivity contribution in [1.82, 2.24) is 5.32 Å². The average molecular weight is 284 g/mol. The zero-order chi connectivity index (χ0) is 14.4. The molecule has 102 valence electrons. The first-order chi connectivity index (χ1) is 9.63. The summed E-state index contributed by atoms with van der Waals surface area (Å²) in [5.74, 6) is -0.124. The van der Waals surface area contributed by atoms with Crippen LogP contribution in [0.1, 0.15) is 11.1 Å². The van der Waals surface area contributed by atoms with Crippen molar-refractivity contribution in [2.45, 2.75) is 13.3 Å². The number of nitrogens with one attached hydrogen (secondary N) is 2. The number of hydrogen-bond donors (Lipinski definition) is 2. The van der Waals surface area contributed by atoms with Crippen molar-refractivity contribution in [3.8, 4) is 0 Å². The molecule has 0 heterocycles. The second-order valence-corrected chi connectivity index (χ2v) is 4.94. The molecule has 0 atom stereocenters. The van der Waals surface area contributed by atoms with E-state index in [-0.39, 0.29) is 5.91 Å². The van der Waals surface area contributed by atoms with E-state index in [1.165, 1.54) is 5.56 Å². The highest BCUT2D eigenvalue weighted by atomic mass is 32.1. The molecule has 0 saturated heterocycles. The standard InChI is InChI=1S/C16H16N2OS/c1-12-7-9-14(10-8-12)17-16(20)18-15(19)11-13-5-3-2-4-6-13/h2-10H,11H2,1H3,(H2,17,18,19,20). The molecule has 0 saturated carbocycles. The summed E-state index contributed by atoms with van der Waals surface area (Å²) in [6, 6.07) is 17.4. The summed E-state index contributed by atoms with van der Waals surface area (Å²) < 4.78 is 0. The van der Waals surface area contributed by atoms with E-state index in [4.69, 9.17) is 12.2 Å². The Bertz CT molecular complexity index is 594. The minimum atomic E-state index is -0.124. The fraction of sp³-hybridized carbons (Fsp3) is 0.125. The molecule has 0 fully saturated rings. The minimum absolute atomic E-state index is 0.124. The van der Waals surface area contributed by atoms with E-state index in [9.17, 15) is 4.79 Å². The first kappa shape index (κ1) is 14.2. The molecule has 3 nitrogen and oxygen atoms in total. The lowest BCUT2D eigenvalue weighted by molar-refractivity contribution is -0.119. The monoisotopic (exact) mass is 284 g/mol. The van der Waals surface area contributed by atoms with Crippen molar-refractivity contribution in [2.75, 3.05) is 5.32 Å². The molecule has 1 amide bonds. The second-order valence-electron chi connectivity index (χ2n) is 4.53. The van der Waals surface area contributed by atoms with Crippen LogP contribution in [0.2, 0.25) is 0 Å². The van der Waals surface area contributed by atoms with E-state index in [2.05, 4.69) is 10.6 Å². The smallest absolute Gasteiger partial charge is 0.230 e. The van der Waals surface area contributed by atoms with Crippen LogP contribution in [0.15, 0.2) is 54.6 Å².